The number of carbonyl (C=O) groups excluding carboxylic acids is 1. The SMILES string of the molecule is O=C(NCCc1ccc(C(F)(F)F)cc1)c1cccn1-c1ncc(C(F)(F)F)cc1Cl. The van der Waals surface area contributed by atoms with Gasteiger partial charge in [-0.15, -0.1) is 0 Å². The first-order valence-corrected chi connectivity index (χ1v) is 9.19. The average molecular weight is 462 g/mol. The van der Waals surface area contributed by atoms with Crippen LogP contribution in [0.4, 0.5) is 26.3 Å². The number of amides is 1. The molecule has 1 N–H and O–H groups in total. The summed E-state index contributed by atoms with van der Waals surface area (Å²) in [5.74, 6) is -0.595. The fourth-order valence-electron chi connectivity index (χ4n) is 2.78. The molecule has 0 atom stereocenters. The third-order valence-corrected chi connectivity index (χ3v) is 4.62. The molecule has 4 nitrogen and oxygen atoms in total. The maximum absolute atomic E-state index is 12.8. The second-order valence-corrected chi connectivity index (χ2v) is 6.90. The molecular weight excluding hydrogens is 448 g/mol. The van der Waals surface area contributed by atoms with Crippen molar-refractivity contribution < 1.29 is 31.1 Å². The number of hydrogen-bond donors (Lipinski definition) is 1. The molecule has 3 rings (SSSR count). The third kappa shape index (κ3) is 5.38. The van der Waals surface area contributed by atoms with Crippen LogP contribution in [-0.4, -0.2) is 22.0 Å². The summed E-state index contributed by atoms with van der Waals surface area (Å²) in [6.07, 6.45) is -6.71. The van der Waals surface area contributed by atoms with E-state index in [9.17, 15) is 31.1 Å². The van der Waals surface area contributed by atoms with E-state index in [1.807, 2.05) is 0 Å². The van der Waals surface area contributed by atoms with Gasteiger partial charge in [0.2, 0.25) is 0 Å². The normalized spacial score (nSPS) is 12.1. The molecule has 0 aliphatic carbocycles. The third-order valence-electron chi connectivity index (χ3n) is 4.34. The first-order chi connectivity index (χ1) is 14.5. The standard InChI is InChI=1S/C20H14ClF6N3O/c21-15-10-14(20(25,26)27)11-29-17(15)30-9-1-2-16(30)18(31)28-8-7-12-3-5-13(6-4-12)19(22,23)24/h1-6,9-11H,7-8H2,(H,28,31). The number of benzene rings is 1. The number of hydrogen-bond acceptors (Lipinski definition) is 2. The quantitative estimate of drug-likeness (QED) is 0.507. The van der Waals surface area contributed by atoms with Gasteiger partial charge in [0.15, 0.2) is 5.82 Å². The Kier molecular flexibility index (Phi) is 6.30. The molecule has 3 aromatic rings. The van der Waals surface area contributed by atoms with Crippen molar-refractivity contribution in [3.8, 4) is 5.82 Å². The predicted molar refractivity (Wildman–Crippen MR) is 101 cm³/mol. The maximum atomic E-state index is 12.8. The van der Waals surface area contributed by atoms with Crippen LogP contribution >= 0.6 is 11.6 Å². The Bertz CT molecular complexity index is 1070. The van der Waals surface area contributed by atoms with Crippen molar-refractivity contribution in [3.63, 3.8) is 0 Å². The molecule has 31 heavy (non-hydrogen) atoms. The molecule has 2 heterocycles. The van der Waals surface area contributed by atoms with Crippen LogP contribution in [0, 0.1) is 0 Å². The van der Waals surface area contributed by atoms with Gasteiger partial charge in [-0.2, -0.15) is 26.3 Å². The van der Waals surface area contributed by atoms with Crippen molar-refractivity contribution in [2.45, 2.75) is 18.8 Å². The molecule has 164 valence electrons. The largest absolute Gasteiger partial charge is 0.417 e. The monoisotopic (exact) mass is 461 g/mol. The minimum absolute atomic E-state index is 0.0486. The van der Waals surface area contributed by atoms with Gasteiger partial charge >= 0.3 is 12.4 Å². The number of alkyl halides is 6. The molecule has 0 fully saturated rings. The molecule has 0 bridgehead atoms. The maximum Gasteiger partial charge on any atom is 0.417 e. The van der Waals surface area contributed by atoms with Crippen LogP contribution in [-0.2, 0) is 18.8 Å². The Morgan fingerprint density at radius 2 is 1.65 bits per heavy atom. The fraction of sp³-hybridized carbons (Fsp3) is 0.200. The van der Waals surface area contributed by atoms with Gasteiger partial charge in [0.1, 0.15) is 5.69 Å². The molecule has 0 aliphatic heterocycles. The van der Waals surface area contributed by atoms with Gasteiger partial charge < -0.3 is 5.32 Å². The first-order valence-electron chi connectivity index (χ1n) is 8.81. The van der Waals surface area contributed by atoms with Crippen LogP contribution in [0.3, 0.4) is 0 Å². The number of pyridine rings is 1. The van der Waals surface area contributed by atoms with E-state index < -0.39 is 29.4 Å². The molecule has 0 aliphatic rings. The lowest BCUT2D eigenvalue weighted by Crippen LogP contribution is -2.27. The zero-order valence-electron chi connectivity index (χ0n) is 15.6. The smallest absolute Gasteiger partial charge is 0.350 e. The highest BCUT2D eigenvalue weighted by Crippen LogP contribution is 2.32. The highest BCUT2D eigenvalue weighted by atomic mass is 35.5. The molecule has 1 amide bonds. The fourth-order valence-corrected chi connectivity index (χ4v) is 3.04. The van der Waals surface area contributed by atoms with Gasteiger partial charge in [-0.3, -0.25) is 9.36 Å². The summed E-state index contributed by atoms with van der Waals surface area (Å²) in [6, 6.07) is 8.22. The molecule has 0 saturated carbocycles. The molecular formula is C20H14ClF6N3O. The van der Waals surface area contributed by atoms with Crippen LogP contribution in [0.25, 0.3) is 5.82 Å². The second kappa shape index (κ2) is 8.62. The van der Waals surface area contributed by atoms with Crippen molar-refractivity contribution in [3.05, 3.63) is 82.3 Å². The number of nitrogens with one attached hydrogen (secondary N) is 1. The topological polar surface area (TPSA) is 46.9 Å². The Morgan fingerprint density at radius 1 is 1.00 bits per heavy atom. The zero-order valence-corrected chi connectivity index (χ0v) is 16.3. The van der Waals surface area contributed by atoms with Crippen molar-refractivity contribution in [1.29, 1.82) is 0 Å². The summed E-state index contributed by atoms with van der Waals surface area (Å²) in [7, 11) is 0. The summed E-state index contributed by atoms with van der Waals surface area (Å²) in [5.41, 5.74) is -1.10. The van der Waals surface area contributed by atoms with E-state index in [4.69, 9.17) is 11.6 Å². The summed E-state index contributed by atoms with van der Waals surface area (Å²) in [6.45, 7) is 0.129. The van der Waals surface area contributed by atoms with Gasteiger partial charge in [-0.25, -0.2) is 4.98 Å². The van der Waals surface area contributed by atoms with Crippen LogP contribution in [0.5, 0.6) is 0 Å². The van der Waals surface area contributed by atoms with E-state index in [-0.39, 0.29) is 29.5 Å². The van der Waals surface area contributed by atoms with E-state index in [1.165, 1.54) is 35.0 Å². The Labute approximate surface area is 177 Å². The number of nitrogens with zero attached hydrogens (tertiary/aromatic N) is 2. The molecule has 0 spiro atoms. The van der Waals surface area contributed by atoms with E-state index in [0.717, 1.165) is 18.2 Å². The highest BCUT2D eigenvalue weighted by Gasteiger charge is 2.32. The Morgan fingerprint density at radius 3 is 2.23 bits per heavy atom. The van der Waals surface area contributed by atoms with E-state index in [0.29, 0.717) is 11.8 Å². The van der Waals surface area contributed by atoms with Gasteiger partial charge in [0.05, 0.1) is 16.1 Å². The number of rotatable bonds is 5. The van der Waals surface area contributed by atoms with Gasteiger partial charge in [0.25, 0.3) is 5.91 Å². The summed E-state index contributed by atoms with van der Waals surface area (Å²) >= 11 is 5.94. The minimum atomic E-state index is -4.61. The minimum Gasteiger partial charge on any atom is -0.350 e. The van der Waals surface area contributed by atoms with E-state index >= 15 is 0 Å². The Hall–Kier alpha value is -3.01. The first kappa shape index (κ1) is 22.7. The summed E-state index contributed by atoms with van der Waals surface area (Å²) < 4.78 is 77.4. The molecule has 2 aromatic heterocycles. The molecule has 0 saturated heterocycles. The molecule has 0 radical (unpaired) electrons. The van der Waals surface area contributed by atoms with Gasteiger partial charge in [-0.1, -0.05) is 23.7 Å². The van der Waals surface area contributed by atoms with Gasteiger partial charge in [0, 0.05) is 18.9 Å². The number of aromatic nitrogens is 2. The van der Waals surface area contributed by atoms with Crippen LogP contribution in [0.15, 0.2) is 54.9 Å². The molecule has 0 unspecified atom stereocenters. The lowest BCUT2D eigenvalue weighted by atomic mass is 10.1. The second-order valence-electron chi connectivity index (χ2n) is 6.49. The van der Waals surface area contributed by atoms with Crippen molar-refractivity contribution in [2.75, 3.05) is 6.54 Å². The van der Waals surface area contributed by atoms with Crippen molar-refractivity contribution >= 4 is 17.5 Å². The van der Waals surface area contributed by atoms with Crippen LogP contribution < -0.4 is 5.32 Å². The van der Waals surface area contributed by atoms with Gasteiger partial charge in [-0.05, 0) is 42.3 Å². The van der Waals surface area contributed by atoms with Crippen LogP contribution in [0.1, 0.15) is 27.2 Å². The van der Waals surface area contributed by atoms with Crippen LogP contribution in [0.2, 0.25) is 5.02 Å². The van der Waals surface area contributed by atoms with Crippen molar-refractivity contribution in [2.24, 2.45) is 0 Å². The Balaban J connectivity index is 1.67. The lowest BCUT2D eigenvalue weighted by molar-refractivity contribution is -0.138. The highest BCUT2D eigenvalue weighted by molar-refractivity contribution is 6.32. The lowest BCUT2D eigenvalue weighted by Gasteiger charge is -2.13. The predicted octanol–water partition coefficient (Wildman–Crippen LogP) is 5.54. The van der Waals surface area contributed by atoms with Crippen molar-refractivity contribution in [1.82, 2.24) is 14.9 Å². The number of carbonyl (C=O) groups is 1. The average Bonchev–Trinajstić information content (AvgIpc) is 3.16. The summed E-state index contributed by atoms with van der Waals surface area (Å²) in [5, 5.41) is 2.32. The van der Waals surface area contributed by atoms with E-state index in [1.54, 1.807) is 0 Å². The molecule has 1 aromatic carbocycles. The van der Waals surface area contributed by atoms with E-state index in [2.05, 4.69) is 10.3 Å². The summed E-state index contributed by atoms with van der Waals surface area (Å²) in [4.78, 5) is 16.2. The molecule has 11 heteroatoms. The number of halogens is 7. The zero-order chi connectivity index (χ0) is 22.8.